The number of likely N-dealkylation sites (N-methyl/N-ethyl adjacent to an activating group) is 1. The van der Waals surface area contributed by atoms with Crippen LogP contribution in [0.25, 0.3) is 0 Å². The van der Waals surface area contributed by atoms with Gasteiger partial charge in [0.1, 0.15) is 11.9 Å². The van der Waals surface area contributed by atoms with E-state index in [9.17, 15) is 0 Å². The molecule has 2 aromatic rings. The summed E-state index contributed by atoms with van der Waals surface area (Å²) in [5.74, 6) is 1.07. The fourth-order valence-corrected chi connectivity index (χ4v) is 3.38. The maximum atomic E-state index is 4.54. The maximum absolute atomic E-state index is 4.54. The fraction of sp³-hybridized carbons (Fsp3) is 0.562. The van der Waals surface area contributed by atoms with Crippen molar-refractivity contribution in [3.8, 4) is 0 Å². The molecule has 1 N–H and O–H groups in total. The van der Waals surface area contributed by atoms with Gasteiger partial charge in [-0.1, -0.05) is 19.9 Å². The summed E-state index contributed by atoms with van der Waals surface area (Å²) in [5, 5.41) is 5.87. The number of nitrogens with zero attached hydrogens (tertiary/aromatic N) is 3. The highest BCUT2D eigenvalue weighted by atomic mass is 32.1. The van der Waals surface area contributed by atoms with Crippen LogP contribution in [-0.2, 0) is 7.05 Å². The molecule has 2 unspecified atom stereocenters. The molecule has 0 amide bonds. The Hall–Kier alpha value is -1.17. The molecule has 0 aliphatic rings. The summed E-state index contributed by atoms with van der Waals surface area (Å²) < 4.78 is 2.10. The molecule has 4 nitrogen and oxygen atoms in total. The number of aryl methyl sites for hydroxylation is 1. The minimum absolute atomic E-state index is 0.163. The molecular weight excluding hydrogens is 280 g/mol. The molecule has 0 fully saturated rings. The molecule has 0 saturated heterocycles. The number of rotatable bonds is 8. The molecule has 5 heteroatoms. The zero-order valence-electron chi connectivity index (χ0n) is 13.4. The molecule has 116 valence electrons. The second kappa shape index (κ2) is 7.73. The number of hydrogen-bond acceptors (Lipinski definition) is 4. The first kappa shape index (κ1) is 16.2. The molecule has 0 aromatic carbocycles. The zero-order chi connectivity index (χ0) is 15.2. The molecule has 21 heavy (non-hydrogen) atoms. The molecule has 0 spiro atoms. The van der Waals surface area contributed by atoms with Gasteiger partial charge in [0, 0.05) is 36.9 Å². The van der Waals surface area contributed by atoms with Crippen LogP contribution >= 0.6 is 11.3 Å². The minimum Gasteiger partial charge on any atom is -0.336 e. The summed E-state index contributed by atoms with van der Waals surface area (Å²) in [7, 11) is 2.06. The van der Waals surface area contributed by atoms with E-state index in [1.807, 2.05) is 12.4 Å². The van der Waals surface area contributed by atoms with Gasteiger partial charge in [0.25, 0.3) is 0 Å². The van der Waals surface area contributed by atoms with E-state index in [1.165, 1.54) is 4.88 Å². The highest BCUT2D eigenvalue weighted by Crippen LogP contribution is 2.25. The predicted octanol–water partition coefficient (Wildman–Crippen LogP) is 2.89. The first-order chi connectivity index (χ1) is 10.2. The third-order valence-corrected chi connectivity index (χ3v) is 4.76. The second-order valence-corrected chi connectivity index (χ2v) is 6.38. The van der Waals surface area contributed by atoms with Gasteiger partial charge in [-0.2, -0.15) is 0 Å². The Kier molecular flexibility index (Phi) is 5.96. The van der Waals surface area contributed by atoms with Crippen LogP contribution in [0.3, 0.4) is 0 Å². The highest BCUT2D eigenvalue weighted by molar-refractivity contribution is 7.10. The molecule has 0 bridgehead atoms. The third kappa shape index (κ3) is 4.15. The molecule has 2 heterocycles. The standard InChI is InChI=1S/C16H26N4S/c1-5-20(6-2)12-13(3)18-15(14-8-7-11-21-14)16-17-9-10-19(16)4/h7-11,13,15,18H,5-6,12H2,1-4H3. The van der Waals surface area contributed by atoms with Crippen LogP contribution in [0.5, 0.6) is 0 Å². The van der Waals surface area contributed by atoms with E-state index in [4.69, 9.17) is 0 Å². The smallest absolute Gasteiger partial charge is 0.131 e. The number of nitrogens with one attached hydrogen (secondary N) is 1. The Morgan fingerprint density at radius 1 is 1.38 bits per heavy atom. The molecule has 0 aliphatic heterocycles. The van der Waals surface area contributed by atoms with E-state index in [2.05, 4.69) is 65.1 Å². The lowest BCUT2D eigenvalue weighted by molar-refractivity contribution is 0.265. The Labute approximate surface area is 131 Å². The molecule has 2 rings (SSSR count). The Morgan fingerprint density at radius 2 is 2.14 bits per heavy atom. The lowest BCUT2D eigenvalue weighted by Crippen LogP contribution is -2.41. The van der Waals surface area contributed by atoms with E-state index in [0.717, 1.165) is 25.5 Å². The first-order valence-electron chi connectivity index (χ1n) is 7.64. The average Bonchev–Trinajstić information content (AvgIpc) is 3.14. The summed E-state index contributed by atoms with van der Waals surface area (Å²) >= 11 is 1.78. The lowest BCUT2D eigenvalue weighted by atomic mass is 10.2. The number of thiophene rings is 1. The van der Waals surface area contributed by atoms with Crippen LogP contribution < -0.4 is 5.32 Å². The SMILES string of the molecule is CCN(CC)CC(C)NC(c1cccs1)c1nccn1C. The van der Waals surface area contributed by atoms with Crippen molar-refractivity contribution in [3.63, 3.8) is 0 Å². The van der Waals surface area contributed by atoms with Gasteiger partial charge >= 0.3 is 0 Å². The van der Waals surface area contributed by atoms with Gasteiger partial charge in [-0.3, -0.25) is 5.32 Å². The lowest BCUT2D eigenvalue weighted by Gasteiger charge is -2.27. The van der Waals surface area contributed by atoms with Crippen molar-refractivity contribution in [3.05, 3.63) is 40.6 Å². The van der Waals surface area contributed by atoms with E-state index in [0.29, 0.717) is 6.04 Å². The highest BCUT2D eigenvalue weighted by Gasteiger charge is 2.21. The van der Waals surface area contributed by atoms with Crippen molar-refractivity contribution < 1.29 is 0 Å². The Morgan fingerprint density at radius 3 is 2.67 bits per heavy atom. The van der Waals surface area contributed by atoms with Gasteiger partial charge in [-0.15, -0.1) is 11.3 Å². The van der Waals surface area contributed by atoms with Crippen molar-refractivity contribution in [2.24, 2.45) is 7.05 Å². The van der Waals surface area contributed by atoms with Crippen LogP contribution in [-0.4, -0.2) is 40.1 Å². The molecular formula is C16H26N4S. The second-order valence-electron chi connectivity index (χ2n) is 5.40. The van der Waals surface area contributed by atoms with Crippen LogP contribution in [0.15, 0.2) is 29.9 Å². The molecule has 2 aromatic heterocycles. The topological polar surface area (TPSA) is 33.1 Å². The van der Waals surface area contributed by atoms with Crippen molar-refractivity contribution in [1.82, 2.24) is 19.8 Å². The van der Waals surface area contributed by atoms with Gasteiger partial charge in [-0.25, -0.2) is 4.98 Å². The third-order valence-electron chi connectivity index (χ3n) is 3.82. The predicted molar refractivity (Wildman–Crippen MR) is 89.8 cm³/mol. The largest absolute Gasteiger partial charge is 0.336 e. The number of imidazole rings is 1. The van der Waals surface area contributed by atoms with Gasteiger partial charge in [0.15, 0.2) is 0 Å². The van der Waals surface area contributed by atoms with Crippen LogP contribution in [0.1, 0.15) is 37.5 Å². The first-order valence-corrected chi connectivity index (χ1v) is 8.52. The van der Waals surface area contributed by atoms with E-state index in [-0.39, 0.29) is 6.04 Å². The zero-order valence-corrected chi connectivity index (χ0v) is 14.2. The van der Waals surface area contributed by atoms with E-state index in [1.54, 1.807) is 11.3 Å². The van der Waals surface area contributed by atoms with Gasteiger partial charge in [0.05, 0.1) is 0 Å². The summed E-state index contributed by atoms with van der Waals surface area (Å²) in [4.78, 5) is 8.30. The summed E-state index contributed by atoms with van der Waals surface area (Å²) in [6.45, 7) is 9.92. The average molecular weight is 306 g/mol. The van der Waals surface area contributed by atoms with Gasteiger partial charge in [-0.05, 0) is 31.5 Å². The van der Waals surface area contributed by atoms with E-state index >= 15 is 0 Å². The van der Waals surface area contributed by atoms with Crippen molar-refractivity contribution >= 4 is 11.3 Å². The van der Waals surface area contributed by atoms with Gasteiger partial charge in [0.2, 0.25) is 0 Å². The van der Waals surface area contributed by atoms with Crippen LogP contribution in [0.4, 0.5) is 0 Å². The Bertz CT molecular complexity index is 516. The fourth-order valence-electron chi connectivity index (χ4n) is 2.60. The summed E-state index contributed by atoms with van der Waals surface area (Å²) in [6.07, 6.45) is 3.87. The van der Waals surface area contributed by atoms with Crippen molar-refractivity contribution in [2.45, 2.75) is 32.9 Å². The van der Waals surface area contributed by atoms with Crippen LogP contribution in [0.2, 0.25) is 0 Å². The van der Waals surface area contributed by atoms with E-state index < -0.39 is 0 Å². The molecule has 2 atom stereocenters. The monoisotopic (exact) mass is 306 g/mol. The number of hydrogen-bond donors (Lipinski definition) is 1. The van der Waals surface area contributed by atoms with Crippen molar-refractivity contribution in [2.75, 3.05) is 19.6 Å². The summed E-state index contributed by atoms with van der Waals surface area (Å²) in [5.41, 5.74) is 0. The summed E-state index contributed by atoms with van der Waals surface area (Å²) in [6, 6.07) is 4.86. The molecule has 0 saturated carbocycles. The molecule has 0 radical (unpaired) electrons. The normalized spacial score (nSPS) is 14.5. The van der Waals surface area contributed by atoms with Crippen LogP contribution in [0, 0.1) is 0 Å². The molecule has 0 aliphatic carbocycles. The quantitative estimate of drug-likeness (QED) is 0.814. The van der Waals surface area contributed by atoms with Crippen molar-refractivity contribution in [1.29, 1.82) is 0 Å². The maximum Gasteiger partial charge on any atom is 0.131 e. The Balaban J connectivity index is 2.12. The van der Waals surface area contributed by atoms with Gasteiger partial charge < -0.3 is 9.47 Å². The minimum atomic E-state index is 0.163. The number of aromatic nitrogens is 2.